The first-order chi connectivity index (χ1) is 8.09. The molecule has 1 unspecified atom stereocenters. The van der Waals surface area contributed by atoms with Crippen molar-refractivity contribution in [3.05, 3.63) is 63.7 Å². The molecule has 17 heavy (non-hydrogen) atoms. The van der Waals surface area contributed by atoms with Gasteiger partial charge in [-0.1, -0.05) is 29.8 Å². The molecule has 2 rings (SSSR count). The van der Waals surface area contributed by atoms with Crippen LogP contribution in [0.1, 0.15) is 23.0 Å². The molecule has 0 fully saturated rings. The topological polar surface area (TPSA) is 70.7 Å². The zero-order chi connectivity index (χ0) is 12.4. The molecule has 4 heteroatoms. The summed E-state index contributed by atoms with van der Waals surface area (Å²) in [7, 11) is 0. The van der Waals surface area contributed by atoms with Gasteiger partial charge in [0.2, 0.25) is 11.2 Å². The van der Waals surface area contributed by atoms with Crippen LogP contribution < -0.4 is 5.43 Å². The van der Waals surface area contributed by atoms with Crippen LogP contribution in [-0.4, -0.2) is 10.2 Å². The lowest BCUT2D eigenvalue weighted by molar-refractivity contribution is 0.178. The van der Waals surface area contributed by atoms with Crippen molar-refractivity contribution in [3.8, 4) is 5.75 Å². The lowest BCUT2D eigenvalue weighted by Crippen LogP contribution is -2.06. The van der Waals surface area contributed by atoms with Gasteiger partial charge in [0.05, 0.1) is 6.26 Å². The summed E-state index contributed by atoms with van der Waals surface area (Å²) < 4.78 is 4.99. The molecule has 0 aliphatic rings. The van der Waals surface area contributed by atoms with Crippen molar-refractivity contribution in [2.24, 2.45) is 0 Å². The van der Waals surface area contributed by atoms with Gasteiger partial charge in [0.25, 0.3) is 0 Å². The van der Waals surface area contributed by atoms with Crippen molar-refractivity contribution >= 4 is 0 Å². The smallest absolute Gasteiger partial charge is 0.226 e. The molecule has 2 aromatic rings. The van der Waals surface area contributed by atoms with Crippen LogP contribution in [0.4, 0.5) is 0 Å². The molecule has 4 nitrogen and oxygen atoms in total. The number of aromatic hydroxyl groups is 1. The molecule has 2 N–H and O–H groups in total. The summed E-state index contributed by atoms with van der Waals surface area (Å²) in [5.41, 5.74) is 1.04. The number of aliphatic hydroxyl groups is 1. The molecule has 88 valence electrons. The van der Waals surface area contributed by atoms with Crippen molar-refractivity contribution < 1.29 is 14.6 Å². The van der Waals surface area contributed by atoms with Gasteiger partial charge in [-0.25, -0.2) is 0 Å². The Morgan fingerprint density at radius 2 is 1.82 bits per heavy atom. The Morgan fingerprint density at radius 1 is 1.18 bits per heavy atom. The number of aliphatic hydroxyl groups excluding tert-OH is 1. The fourth-order valence-corrected chi connectivity index (χ4v) is 1.52. The molecule has 0 spiro atoms. The summed E-state index contributed by atoms with van der Waals surface area (Å²) >= 11 is 0. The Bertz CT molecular complexity index is 569. The minimum Gasteiger partial charge on any atom is -0.502 e. The van der Waals surface area contributed by atoms with Crippen LogP contribution in [-0.2, 0) is 0 Å². The normalized spacial score (nSPS) is 12.4. The van der Waals surface area contributed by atoms with E-state index in [2.05, 4.69) is 0 Å². The molecule has 1 heterocycles. The van der Waals surface area contributed by atoms with Crippen LogP contribution in [0.15, 0.2) is 45.8 Å². The van der Waals surface area contributed by atoms with Crippen molar-refractivity contribution in [2.75, 3.05) is 0 Å². The SMILES string of the molecule is Cc1ccc(C(O)c2occc(=O)c2O)cc1. The molecule has 0 amide bonds. The van der Waals surface area contributed by atoms with Gasteiger partial charge >= 0.3 is 0 Å². The fraction of sp³-hybridized carbons (Fsp3) is 0.154. The first-order valence-electron chi connectivity index (χ1n) is 5.15. The first-order valence-corrected chi connectivity index (χ1v) is 5.15. The zero-order valence-corrected chi connectivity index (χ0v) is 9.25. The van der Waals surface area contributed by atoms with Gasteiger partial charge in [0.1, 0.15) is 6.10 Å². The minimum atomic E-state index is -1.15. The quantitative estimate of drug-likeness (QED) is 0.827. The largest absolute Gasteiger partial charge is 0.502 e. The third kappa shape index (κ3) is 2.21. The molecular weight excluding hydrogens is 220 g/mol. The highest BCUT2D eigenvalue weighted by Crippen LogP contribution is 2.26. The van der Waals surface area contributed by atoms with Gasteiger partial charge in [-0.2, -0.15) is 0 Å². The number of hydrogen-bond acceptors (Lipinski definition) is 4. The lowest BCUT2D eigenvalue weighted by atomic mass is 10.0. The average molecular weight is 232 g/mol. The number of benzene rings is 1. The van der Waals surface area contributed by atoms with E-state index < -0.39 is 17.3 Å². The van der Waals surface area contributed by atoms with E-state index >= 15 is 0 Å². The third-order valence-electron chi connectivity index (χ3n) is 2.52. The van der Waals surface area contributed by atoms with E-state index in [0.29, 0.717) is 5.56 Å². The summed E-state index contributed by atoms with van der Waals surface area (Å²) in [6, 6.07) is 8.19. The van der Waals surface area contributed by atoms with E-state index in [4.69, 9.17) is 4.42 Å². The predicted molar refractivity (Wildman–Crippen MR) is 61.9 cm³/mol. The molecule has 1 aromatic carbocycles. The second-order valence-corrected chi connectivity index (χ2v) is 3.81. The monoisotopic (exact) mass is 232 g/mol. The van der Waals surface area contributed by atoms with Gasteiger partial charge in [-0.3, -0.25) is 4.79 Å². The predicted octanol–water partition coefficient (Wildman–Crippen LogP) is 1.74. The number of hydrogen-bond donors (Lipinski definition) is 2. The molecule has 0 aliphatic heterocycles. The standard InChI is InChI=1S/C13H12O4/c1-8-2-4-9(5-3-8)11(15)13-12(16)10(14)6-7-17-13/h2-7,11,15-16H,1H3. The Morgan fingerprint density at radius 3 is 2.47 bits per heavy atom. The number of aryl methyl sites for hydroxylation is 1. The van der Waals surface area contributed by atoms with Crippen LogP contribution in [0, 0.1) is 6.92 Å². The number of rotatable bonds is 2. The Kier molecular flexibility index (Phi) is 2.97. The van der Waals surface area contributed by atoms with Crippen LogP contribution in [0.5, 0.6) is 5.75 Å². The third-order valence-corrected chi connectivity index (χ3v) is 2.52. The van der Waals surface area contributed by atoms with Gasteiger partial charge in [-0.15, -0.1) is 0 Å². The van der Waals surface area contributed by atoms with Crippen molar-refractivity contribution in [3.63, 3.8) is 0 Å². The average Bonchev–Trinajstić information content (AvgIpc) is 2.33. The summed E-state index contributed by atoms with van der Waals surface area (Å²) in [5, 5.41) is 19.5. The summed E-state index contributed by atoms with van der Waals surface area (Å²) in [5.74, 6) is -0.693. The second-order valence-electron chi connectivity index (χ2n) is 3.81. The van der Waals surface area contributed by atoms with E-state index in [1.807, 2.05) is 19.1 Å². The lowest BCUT2D eigenvalue weighted by Gasteiger charge is -2.10. The van der Waals surface area contributed by atoms with Gasteiger partial charge in [-0.05, 0) is 12.5 Å². The first kappa shape index (κ1) is 11.4. The van der Waals surface area contributed by atoms with Crippen LogP contribution in [0.3, 0.4) is 0 Å². The van der Waals surface area contributed by atoms with Crippen molar-refractivity contribution in [1.29, 1.82) is 0 Å². The minimum absolute atomic E-state index is 0.138. The molecular formula is C13H12O4. The molecule has 0 aliphatic carbocycles. The Labute approximate surface area is 97.8 Å². The molecule has 1 atom stereocenters. The van der Waals surface area contributed by atoms with E-state index in [1.165, 1.54) is 0 Å². The van der Waals surface area contributed by atoms with E-state index in [9.17, 15) is 15.0 Å². The van der Waals surface area contributed by atoms with Crippen molar-refractivity contribution in [2.45, 2.75) is 13.0 Å². The zero-order valence-electron chi connectivity index (χ0n) is 9.25. The van der Waals surface area contributed by atoms with Crippen LogP contribution in [0.25, 0.3) is 0 Å². The molecule has 0 saturated carbocycles. The van der Waals surface area contributed by atoms with Gasteiger partial charge in [0, 0.05) is 6.07 Å². The summed E-state index contributed by atoms with van der Waals surface area (Å²) in [6.07, 6.45) is -0.000995. The molecule has 1 aromatic heterocycles. The highest BCUT2D eigenvalue weighted by molar-refractivity contribution is 5.33. The van der Waals surface area contributed by atoms with Crippen molar-refractivity contribution in [1.82, 2.24) is 0 Å². The maximum absolute atomic E-state index is 11.2. The highest BCUT2D eigenvalue weighted by atomic mass is 16.4. The molecule has 0 bridgehead atoms. The Balaban J connectivity index is 2.43. The maximum Gasteiger partial charge on any atom is 0.226 e. The molecule has 0 radical (unpaired) electrons. The Hall–Kier alpha value is -2.07. The second kappa shape index (κ2) is 4.43. The van der Waals surface area contributed by atoms with Crippen LogP contribution in [0.2, 0.25) is 0 Å². The van der Waals surface area contributed by atoms with E-state index in [0.717, 1.165) is 17.9 Å². The highest BCUT2D eigenvalue weighted by Gasteiger charge is 2.18. The summed E-state index contributed by atoms with van der Waals surface area (Å²) in [4.78, 5) is 11.2. The van der Waals surface area contributed by atoms with E-state index in [1.54, 1.807) is 12.1 Å². The summed E-state index contributed by atoms with van der Waals surface area (Å²) in [6.45, 7) is 1.93. The van der Waals surface area contributed by atoms with Gasteiger partial charge in [0.15, 0.2) is 5.76 Å². The van der Waals surface area contributed by atoms with Crippen LogP contribution >= 0.6 is 0 Å². The van der Waals surface area contributed by atoms with Gasteiger partial charge < -0.3 is 14.6 Å². The van der Waals surface area contributed by atoms with E-state index in [-0.39, 0.29) is 5.76 Å². The maximum atomic E-state index is 11.2. The fourth-order valence-electron chi connectivity index (χ4n) is 1.52. The molecule has 0 saturated heterocycles.